The number of rotatable bonds is 4. The minimum absolute atomic E-state index is 0.237. The van der Waals surface area contributed by atoms with Crippen LogP contribution in [0.25, 0.3) is 0 Å². The van der Waals surface area contributed by atoms with Crippen LogP contribution in [0.2, 0.25) is 0 Å². The molecule has 1 saturated heterocycles. The summed E-state index contributed by atoms with van der Waals surface area (Å²) in [5.74, 6) is 0.729. The van der Waals surface area contributed by atoms with Gasteiger partial charge in [-0.15, -0.1) is 0 Å². The average Bonchev–Trinajstić information content (AvgIpc) is 2.45. The molecule has 0 bridgehead atoms. The molecular formula is C19H32N2. The molecule has 1 aromatic rings. The number of hydrogen-bond donors (Lipinski definition) is 1. The van der Waals surface area contributed by atoms with Crippen molar-refractivity contribution in [1.82, 2.24) is 10.2 Å². The fraction of sp³-hybridized carbons (Fsp3) is 0.684. The molecule has 1 N–H and O–H groups in total. The van der Waals surface area contributed by atoms with Crippen molar-refractivity contribution in [3.63, 3.8) is 0 Å². The van der Waals surface area contributed by atoms with E-state index >= 15 is 0 Å². The van der Waals surface area contributed by atoms with Gasteiger partial charge in [-0.05, 0) is 28.9 Å². The van der Waals surface area contributed by atoms with E-state index in [1.807, 2.05) is 0 Å². The van der Waals surface area contributed by atoms with E-state index in [0.29, 0.717) is 6.04 Å². The van der Waals surface area contributed by atoms with Crippen LogP contribution in [0, 0.1) is 5.92 Å². The van der Waals surface area contributed by atoms with Gasteiger partial charge in [0.05, 0.1) is 0 Å². The van der Waals surface area contributed by atoms with E-state index in [-0.39, 0.29) is 5.41 Å². The van der Waals surface area contributed by atoms with Crippen LogP contribution in [-0.4, -0.2) is 31.1 Å². The Bertz CT molecular complexity index is 422. The zero-order chi connectivity index (χ0) is 15.5. The van der Waals surface area contributed by atoms with Crippen molar-refractivity contribution in [2.45, 2.75) is 52.5 Å². The molecule has 2 nitrogen and oxygen atoms in total. The van der Waals surface area contributed by atoms with Crippen LogP contribution < -0.4 is 5.32 Å². The molecule has 0 amide bonds. The first-order valence-electron chi connectivity index (χ1n) is 8.43. The molecule has 1 aliphatic rings. The van der Waals surface area contributed by atoms with Crippen LogP contribution >= 0.6 is 0 Å². The Morgan fingerprint density at radius 1 is 1.05 bits per heavy atom. The fourth-order valence-corrected chi connectivity index (χ4v) is 3.14. The molecule has 0 spiro atoms. The topological polar surface area (TPSA) is 15.3 Å². The lowest BCUT2D eigenvalue weighted by atomic mass is 9.85. The van der Waals surface area contributed by atoms with E-state index in [0.717, 1.165) is 19.0 Å². The van der Waals surface area contributed by atoms with Crippen LogP contribution in [-0.2, 0) is 5.41 Å². The van der Waals surface area contributed by atoms with Gasteiger partial charge in [-0.3, -0.25) is 4.90 Å². The molecule has 1 aliphatic heterocycles. The highest BCUT2D eigenvalue weighted by Crippen LogP contribution is 2.30. The van der Waals surface area contributed by atoms with Crippen LogP contribution in [0.15, 0.2) is 24.3 Å². The summed E-state index contributed by atoms with van der Waals surface area (Å²) < 4.78 is 0. The summed E-state index contributed by atoms with van der Waals surface area (Å²) in [5, 5.41) is 3.46. The zero-order valence-corrected chi connectivity index (χ0v) is 14.4. The highest BCUT2D eigenvalue weighted by atomic mass is 15.2. The Hall–Kier alpha value is -0.860. The molecule has 21 heavy (non-hydrogen) atoms. The molecule has 2 heteroatoms. The van der Waals surface area contributed by atoms with Crippen molar-refractivity contribution < 1.29 is 0 Å². The van der Waals surface area contributed by atoms with Gasteiger partial charge in [-0.2, -0.15) is 0 Å². The Morgan fingerprint density at radius 3 is 2.10 bits per heavy atom. The van der Waals surface area contributed by atoms with Crippen molar-refractivity contribution in [1.29, 1.82) is 0 Å². The van der Waals surface area contributed by atoms with Gasteiger partial charge >= 0.3 is 0 Å². The third-order valence-electron chi connectivity index (χ3n) is 4.45. The lowest BCUT2D eigenvalue weighted by molar-refractivity contribution is 0.154. The highest BCUT2D eigenvalue weighted by molar-refractivity contribution is 5.29. The van der Waals surface area contributed by atoms with Gasteiger partial charge in [-0.25, -0.2) is 0 Å². The number of piperazine rings is 1. The van der Waals surface area contributed by atoms with Gasteiger partial charge in [0.2, 0.25) is 0 Å². The SMILES string of the molecule is CC(C)C[C@H](c1ccc(C(C)(C)C)cc1)N1CCNCC1. The third-order valence-corrected chi connectivity index (χ3v) is 4.45. The minimum atomic E-state index is 0.237. The van der Waals surface area contributed by atoms with Crippen LogP contribution in [0.3, 0.4) is 0 Å². The summed E-state index contributed by atoms with van der Waals surface area (Å²) in [4.78, 5) is 2.66. The maximum atomic E-state index is 3.46. The predicted octanol–water partition coefficient (Wildman–Crippen LogP) is 3.98. The smallest absolute Gasteiger partial charge is 0.0351 e. The molecule has 2 rings (SSSR count). The third kappa shape index (κ3) is 4.55. The van der Waals surface area contributed by atoms with Crippen molar-refractivity contribution >= 4 is 0 Å². The maximum absolute atomic E-state index is 3.46. The maximum Gasteiger partial charge on any atom is 0.0351 e. The first kappa shape index (κ1) is 16.5. The number of benzene rings is 1. The van der Waals surface area contributed by atoms with E-state index in [2.05, 4.69) is 69.1 Å². The summed E-state index contributed by atoms with van der Waals surface area (Å²) in [7, 11) is 0. The molecule has 0 aromatic heterocycles. The first-order valence-corrected chi connectivity index (χ1v) is 8.43. The van der Waals surface area contributed by atoms with E-state index in [4.69, 9.17) is 0 Å². The van der Waals surface area contributed by atoms with E-state index in [9.17, 15) is 0 Å². The molecule has 0 saturated carbocycles. The quantitative estimate of drug-likeness (QED) is 0.901. The first-order chi connectivity index (χ1) is 9.88. The number of nitrogens with zero attached hydrogens (tertiary/aromatic N) is 1. The molecular weight excluding hydrogens is 256 g/mol. The Labute approximate surface area is 130 Å². The van der Waals surface area contributed by atoms with Crippen molar-refractivity contribution in [3.8, 4) is 0 Å². The summed E-state index contributed by atoms with van der Waals surface area (Å²) >= 11 is 0. The lowest BCUT2D eigenvalue weighted by Gasteiger charge is -2.36. The second-order valence-corrected chi connectivity index (χ2v) is 7.80. The van der Waals surface area contributed by atoms with Gasteiger partial charge in [0.25, 0.3) is 0 Å². The number of nitrogens with one attached hydrogen (secondary N) is 1. The van der Waals surface area contributed by atoms with Gasteiger partial charge in [0, 0.05) is 32.2 Å². The highest BCUT2D eigenvalue weighted by Gasteiger charge is 2.23. The van der Waals surface area contributed by atoms with Crippen LogP contribution in [0.4, 0.5) is 0 Å². The summed E-state index contributed by atoms with van der Waals surface area (Å²) in [6.07, 6.45) is 1.24. The van der Waals surface area contributed by atoms with Gasteiger partial charge in [0.1, 0.15) is 0 Å². The monoisotopic (exact) mass is 288 g/mol. The summed E-state index contributed by atoms with van der Waals surface area (Å²) in [6.45, 7) is 16.1. The van der Waals surface area contributed by atoms with Gasteiger partial charge in [0.15, 0.2) is 0 Å². The summed E-state index contributed by atoms with van der Waals surface area (Å²) in [6, 6.07) is 9.93. The minimum Gasteiger partial charge on any atom is -0.314 e. The Balaban J connectivity index is 2.19. The lowest BCUT2D eigenvalue weighted by Crippen LogP contribution is -2.45. The van der Waals surface area contributed by atoms with Crippen molar-refractivity contribution in [2.24, 2.45) is 5.92 Å². The average molecular weight is 288 g/mol. The Morgan fingerprint density at radius 2 is 1.62 bits per heavy atom. The molecule has 0 radical (unpaired) electrons. The Kier molecular flexibility index (Phi) is 5.45. The van der Waals surface area contributed by atoms with Crippen molar-refractivity contribution in [2.75, 3.05) is 26.2 Å². The largest absolute Gasteiger partial charge is 0.314 e. The second kappa shape index (κ2) is 6.93. The molecule has 0 unspecified atom stereocenters. The molecule has 1 fully saturated rings. The van der Waals surface area contributed by atoms with Crippen LogP contribution in [0.1, 0.15) is 58.2 Å². The number of hydrogen-bond acceptors (Lipinski definition) is 2. The van der Waals surface area contributed by atoms with E-state index < -0.39 is 0 Å². The van der Waals surface area contributed by atoms with Crippen LogP contribution in [0.5, 0.6) is 0 Å². The molecule has 118 valence electrons. The van der Waals surface area contributed by atoms with E-state index in [1.165, 1.54) is 30.6 Å². The molecule has 0 aliphatic carbocycles. The summed E-state index contributed by atoms with van der Waals surface area (Å²) in [5.41, 5.74) is 3.15. The standard InChI is InChI=1S/C19H32N2/c1-15(2)14-18(21-12-10-20-11-13-21)16-6-8-17(9-7-16)19(3,4)5/h6-9,15,18,20H,10-14H2,1-5H3/t18-/m1/s1. The van der Waals surface area contributed by atoms with Crippen molar-refractivity contribution in [3.05, 3.63) is 35.4 Å². The molecule has 1 atom stereocenters. The fourth-order valence-electron chi connectivity index (χ4n) is 3.14. The van der Waals surface area contributed by atoms with Gasteiger partial charge < -0.3 is 5.32 Å². The zero-order valence-electron chi connectivity index (χ0n) is 14.4. The molecule has 1 heterocycles. The van der Waals surface area contributed by atoms with E-state index in [1.54, 1.807) is 0 Å². The normalized spacial score (nSPS) is 19.0. The van der Waals surface area contributed by atoms with Gasteiger partial charge in [-0.1, -0.05) is 58.9 Å². The predicted molar refractivity (Wildman–Crippen MR) is 91.8 cm³/mol. The molecule has 1 aromatic carbocycles. The second-order valence-electron chi connectivity index (χ2n) is 7.80.